The number of hydrogen-bond acceptors (Lipinski definition) is 6. The van der Waals surface area contributed by atoms with Gasteiger partial charge < -0.3 is 4.98 Å². The number of nitrogens with one attached hydrogen (secondary N) is 3. The molecule has 2 aromatic heterocycles. The van der Waals surface area contributed by atoms with Gasteiger partial charge >= 0.3 is 5.69 Å². The highest BCUT2D eigenvalue weighted by atomic mass is 32.2. The van der Waals surface area contributed by atoms with Gasteiger partial charge in [-0.25, -0.2) is 27.9 Å². The van der Waals surface area contributed by atoms with Crippen LogP contribution in [0, 0.1) is 20.8 Å². The number of rotatable bonds is 3. The highest BCUT2D eigenvalue weighted by Crippen LogP contribution is 2.11. The molecule has 2 rings (SSSR count). The maximum Gasteiger partial charge on any atom is 0.325 e. The van der Waals surface area contributed by atoms with Crippen molar-refractivity contribution in [3.63, 3.8) is 0 Å². The molecule has 0 unspecified atom stereocenters. The van der Waals surface area contributed by atoms with E-state index in [-0.39, 0.29) is 11.6 Å². The van der Waals surface area contributed by atoms with Crippen LogP contribution in [0.5, 0.6) is 0 Å². The third-order valence-electron chi connectivity index (χ3n) is 2.55. The highest BCUT2D eigenvalue weighted by molar-refractivity contribution is 7.92. The lowest BCUT2D eigenvalue weighted by Gasteiger charge is -2.08. The third-order valence-corrected chi connectivity index (χ3v) is 4.03. The number of hydrogen-bond donors (Lipinski definition) is 3. The van der Waals surface area contributed by atoms with E-state index in [9.17, 15) is 18.0 Å². The summed E-state index contributed by atoms with van der Waals surface area (Å²) in [5, 5.41) is 0. The Morgan fingerprint density at radius 1 is 1.05 bits per heavy atom. The molecule has 9 nitrogen and oxygen atoms in total. The van der Waals surface area contributed by atoms with E-state index in [1.807, 2.05) is 4.98 Å². The van der Waals surface area contributed by atoms with Crippen molar-refractivity contribution >= 4 is 16.0 Å². The minimum Gasteiger partial charge on any atom is -0.310 e. The zero-order valence-electron chi connectivity index (χ0n) is 11.5. The normalized spacial score (nSPS) is 11.4. The van der Waals surface area contributed by atoms with E-state index < -0.39 is 26.2 Å². The predicted octanol–water partition coefficient (Wildman–Crippen LogP) is -0.421. The monoisotopic (exact) mass is 311 g/mol. The largest absolute Gasteiger partial charge is 0.325 e. The second-order valence-corrected chi connectivity index (χ2v) is 6.06. The summed E-state index contributed by atoms with van der Waals surface area (Å²) in [6.07, 6.45) is 0. The van der Waals surface area contributed by atoms with E-state index >= 15 is 0 Å². The molecule has 0 amide bonds. The Bertz CT molecular complexity index is 893. The Morgan fingerprint density at radius 2 is 1.62 bits per heavy atom. The van der Waals surface area contributed by atoms with Crippen LogP contribution in [0.4, 0.5) is 5.95 Å². The Balaban J connectivity index is 2.53. The Hall–Kier alpha value is -2.49. The van der Waals surface area contributed by atoms with Gasteiger partial charge in [0.25, 0.3) is 15.6 Å². The average Bonchev–Trinajstić information content (AvgIpc) is 2.23. The van der Waals surface area contributed by atoms with Gasteiger partial charge in [0.2, 0.25) is 5.95 Å². The molecule has 21 heavy (non-hydrogen) atoms. The number of anilines is 1. The Kier molecular flexibility index (Phi) is 3.64. The van der Waals surface area contributed by atoms with Gasteiger partial charge in [-0.2, -0.15) is 0 Å². The maximum atomic E-state index is 12.2. The molecule has 112 valence electrons. The van der Waals surface area contributed by atoms with Gasteiger partial charge in [0, 0.05) is 17.1 Å². The smallest absolute Gasteiger partial charge is 0.310 e. The lowest BCUT2D eigenvalue weighted by molar-refractivity contribution is 0.597. The van der Waals surface area contributed by atoms with E-state index in [0.717, 1.165) is 0 Å². The van der Waals surface area contributed by atoms with Gasteiger partial charge in [-0.15, -0.1) is 0 Å². The van der Waals surface area contributed by atoms with Gasteiger partial charge in [0.15, 0.2) is 4.90 Å². The fourth-order valence-corrected chi connectivity index (χ4v) is 3.04. The van der Waals surface area contributed by atoms with Crippen molar-refractivity contribution < 1.29 is 8.42 Å². The fraction of sp³-hybridized carbons (Fsp3) is 0.273. The van der Waals surface area contributed by atoms with Crippen LogP contribution in [0.3, 0.4) is 0 Å². The second kappa shape index (κ2) is 5.13. The van der Waals surface area contributed by atoms with Crippen LogP contribution in [0.1, 0.15) is 17.1 Å². The zero-order valence-corrected chi connectivity index (χ0v) is 12.3. The van der Waals surface area contributed by atoms with E-state index in [0.29, 0.717) is 11.4 Å². The first kappa shape index (κ1) is 14.9. The predicted molar refractivity (Wildman–Crippen MR) is 74.7 cm³/mol. The molecule has 0 aliphatic heterocycles. The van der Waals surface area contributed by atoms with Crippen LogP contribution >= 0.6 is 0 Å². The summed E-state index contributed by atoms with van der Waals surface area (Å²) in [6.45, 7) is 4.68. The molecule has 0 aliphatic carbocycles. The molecule has 0 aromatic carbocycles. The van der Waals surface area contributed by atoms with Gasteiger partial charge in [-0.3, -0.25) is 9.78 Å². The van der Waals surface area contributed by atoms with Crippen LogP contribution in [0.15, 0.2) is 20.6 Å². The lowest BCUT2D eigenvalue weighted by Crippen LogP contribution is -2.31. The van der Waals surface area contributed by atoms with Crippen molar-refractivity contribution in [1.82, 2.24) is 19.9 Å². The van der Waals surface area contributed by atoms with Crippen LogP contribution in [-0.4, -0.2) is 28.4 Å². The van der Waals surface area contributed by atoms with Crippen molar-refractivity contribution in [2.45, 2.75) is 25.7 Å². The minimum absolute atomic E-state index is 0.0689. The first-order valence-corrected chi connectivity index (χ1v) is 7.35. The lowest BCUT2D eigenvalue weighted by atomic mass is 10.4. The molecule has 0 saturated carbocycles. The van der Waals surface area contributed by atoms with Crippen molar-refractivity contribution in [2.75, 3.05) is 4.72 Å². The van der Waals surface area contributed by atoms with Crippen molar-refractivity contribution in [2.24, 2.45) is 0 Å². The molecule has 10 heteroatoms. The first-order chi connectivity index (χ1) is 9.69. The van der Waals surface area contributed by atoms with Gasteiger partial charge in [-0.1, -0.05) is 0 Å². The molecule has 0 atom stereocenters. The summed E-state index contributed by atoms with van der Waals surface area (Å²) >= 11 is 0. The average molecular weight is 311 g/mol. The number of sulfonamides is 1. The van der Waals surface area contributed by atoms with E-state index in [4.69, 9.17) is 0 Å². The van der Waals surface area contributed by atoms with Crippen LogP contribution < -0.4 is 16.0 Å². The van der Waals surface area contributed by atoms with E-state index in [1.165, 1.54) is 6.92 Å². The van der Waals surface area contributed by atoms with Crippen LogP contribution in [-0.2, 0) is 10.0 Å². The summed E-state index contributed by atoms with van der Waals surface area (Å²) in [5.74, 6) is -0.141. The number of aromatic amines is 2. The van der Waals surface area contributed by atoms with Gasteiger partial charge in [0.05, 0.1) is 0 Å². The summed E-state index contributed by atoms with van der Waals surface area (Å²) < 4.78 is 26.6. The highest BCUT2D eigenvalue weighted by Gasteiger charge is 2.23. The SMILES string of the molecule is Cc1cc(C)nc(NS(=O)(=O)c2c(C)[nH]c(=O)[nH]c2=O)n1. The van der Waals surface area contributed by atoms with E-state index in [2.05, 4.69) is 19.7 Å². The second-order valence-electron chi connectivity index (χ2n) is 4.44. The van der Waals surface area contributed by atoms with Gasteiger partial charge in [0.1, 0.15) is 0 Å². The van der Waals surface area contributed by atoms with Gasteiger partial charge in [-0.05, 0) is 26.8 Å². The topological polar surface area (TPSA) is 138 Å². The summed E-state index contributed by atoms with van der Waals surface area (Å²) in [5.41, 5.74) is -0.701. The molecular weight excluding hydrogens is 298 g/mol. The van der Waals surface area contributed by atoms with E-state index in [1.54, 1.807) is 19.9 Å². The standard InChI is InChI=1S/C11H13N5O4S/c1-5-4-6(2)13-10(12-5)16-21(19,20)8-7(3)14-11(18)15-9(8)17/h4H,1-3H3,(H,12,13,16)(H2,14,15,17,18). The molecule has 2 aromatic rings. The summed E-state index contributed by atoms with van der Waals surface area (Å²) in [4.78, 5) is 34.2. The van der Waals surface area contributed by atoms with Crippen LogP contribution in [0.2, 0.25) is 0 Å². The molecule has 0 spiro atoms. The molecule has 2 heterocycles. The van der Waals surface area contributed by atoms with Crippen molar-refractivity contribution in [3.05, 3.63) is 44.0 Å². The quantitative estimate of drug-likeness (QED) is 0.704. The molecule has 3 N–H and O–H groups in total. The number of aryl methyl sites for hydroxylation is 3. The molecule has 0 aliphatic rings. The molecule has 0 bridgehead atoms. The number of H-pyrrole nitrogens is 2. The molecule has 0 radical (unpaired) electrons. The number of nitrogens with zero attached hydrogens (tertiary/aromatic N) is 2. The zero-order chi connectivity index (χ0) is 15.8. The van der Waals surface area contributed by atoms with Crippen molar-refractivity contribution in [1.29, 1.82) is 0 Å². The summed E-state index contributed by atoms with van der Waals surface area (Å²) in [6, 6.07) is 1.68. The Labute approximate surface area is 119 Å². The molecule has 0 saturated heterocycles. The molecule has 0 fully saturated rings. The molecular formula is C11H13N5O4S. The van der Waals surface area contributed by atoms with Crippen molar-refractivity contribution in [3.8, 4) is 0 Å². The summed E-state index contributed by atoms with van der Waals surface area (Å²) in [7, 11) is -4.21. The maximum absolute atomic E-state index is 12.2. The van der Waals surface area contributed by atoms with Crippen LogP contribution in [0.25, 0.3) is 0 Å². The fourth-order valence-electron chi connectivity index (χ4n) is 1.85. The Morgan fingerprint density at radius 3 is 2.14 bits per heavy atom. The first-order valence-electron chi connectivity index (χ1n) is 5.87. The number of aromatic nitrogens is 4. The third kappa shape index (κ3) is 3.16. The minimum atomic E-state index is -4.21.